The number of rotatable bonds is 7. The van der Waals surface area contributed by atoms with Crippen LogP contribution in [0.3, 0.4) is 0 Å². The summed E-state index contributed by atoms with van der Waals surface area (Å²) in [5.41, 5.74) is 6.95. The summed E-state index contributed by atoms with van der Waals surface area (Å²) in [7, 11) is 0. The number of benzene rings is 1. The molecule has 1 rings (SSSR count). The second kappa shape index (κ2) is 10.9. The predicted octanol–water partition coefficient (Wildman–Crippen LogP) is 2.56. The zero-order valence-corrected chi connectivity index (χ0v) is 14.0. The number of hydrogen-bond donors (Lipinski definition) is 2. The van der Waals surface area contributed by atoms with Gasteiger partial charge in [0, 0.05) is 13.1 Å². The maximum Gasteiger partial charge on any atom is 0.188 e. The molecular formula is C14H24IN3O. The maximum atomic E-state index is 5.72. The Hall–Kier alpha value is -0.980. The van der Waals surface area contributed by atoms with Gasteiger partial charge in [-0.2, -0.15) is 0 Å². The van der Waals surface area contributed by atoms with Gasteiger partial charge in [0.2, 0.25) is 0 Å². The first-order valence-electron chi connectivity index (χ1n) is 6.51. The van der Waals surface area contributed by atoms with E-state index in [4.69, 9.17) is 10.5 Å². The summed E-state index contributed by atoms with van der Waals surface area (Å²) in [6.07, 6.45) is 1.92. The summed E-state index contributed by atoms with van der Waals surface area (Å²) in [5, 5.41) is 3.10. The molecule has 4 nitrogen and oxygen atoms in total. The molecule has 0 heterocycles. The number of nitrogens with one attached hydrogen (secondary N) is 1. The van der Waals surface area contributed by atoms with Crippen LogP contribution in [0.2, 0.25) is 0 Å². The number of aliphatic imine (C=N–C) groups is 1. The van der Waals surface area contributed by atoms with E-state index in [1.165, 1.54) is 5.56 Å². The molecule has 5 heteroatoms. The fourth-order valence-electron chi connectivity index (χ4n) is 1.58. The standard InChI is InChI=1S/C14H23N3O.HI/c1-3-9-16-14(15)17-10-8-12-6-5-7-13(11-12)18-4-2;/h5-7,11H,3-4,8-10H2,1-2H3,(H3,15,16,17);1H. The van der Waals surface area contributed by atoms with Crippen molar-refractivity contribution in [3.8, 4) is 5.75 Å². The molecular weight excluding hydrogens is 353 g/mol. The van der Waals surface area contributed by atoms with E-state index in [0.717, 1.165) is 31.7 Å². The van der Waals surface area contributed by atoms with Gasteiger partial charge >= 0.3 is 0 Å². The molecule has 0 spiro atoms. The minimum absolute atomic E-state index is 0. The van der Waals surface area contributed by atoms with Crippen molar-refractivity contribution in [2.24, 2.45) is 10.7 Å². The molecule has 0 aliphatic rings. The van der Waals surface area contributed by atoms with Gasteiger partial charge in [-0.3, -0.25) is 4.99 Å². The van der Waals surface area contributed by atoms with Crippen LogP contribution in [0, 0.1) is 0 Å². The molecule has 0 fully saturated rings. The van der Waals surface area contributed by atoms with Gasteiger partial charge in [0.1, 0.15) is 5.75 Å². The Kier molecular flexibility index (Phi) is 10.3. The second-order valence-corrected chi connectivity index (χ2v) is 4.02. The normalized spacial score (nSPS) is 10.7. The van der Waals surface area contributed by atoms with Crippen LogP contribution in [-0.2, 0) is 6.42 Å². The van der Waals surface area contributed by atoms with Crippen molar-refractivity contribution < 1.29 is 4.74 Å². The first-order chi connectivity index (χ1) is 8.76. The highest BCUT2D eigenvalue weighted by Crippen LogP contribution is 2.13. The van der Waals surface area contributed by atoms with Crippen molar-refractivity contribution in [2.75, 3.05) is 19.7 Å². The minimum atomic E-state index is 0. The Labute approximate surface area is 132 Å². The SMILES string of the molecule is CCCN=C(N)NCCc1cccc(OCC)c1.I. The molecule has 0 aliphatic heterocycles. The van der Waals surface area contributed by atoms with E-state index in [1.807, 2.05) is 19.1 Å². The Morgan fingerprint density at radius 3 is 2.84 bits per heavy atom. The molecule has 0 aromatic heterocycles. The number of nitrogens with zero attached hydrogens (tertiary/aromatic N) is 1. The summed E-state index contributed by atoms with van der Waals surface area (Å²) in [6.45, 7) is 6.32. The third-order valence-electron chi connectivity index (χ3n) is 2.43. The molecule has 0 bridgehead atoms. The summed E-state index contributed by atoms with van der Waals surface area (Å²) < 4.78 is 5.46. The average Bonchev–Trinajstić information content (AvgIpc) is 2.37. The molecule has 0 atom stereocenters. The molecule has 0 saturated heterocycles. The van der Waals surface area contributed by atoms with Crippen LogP contribution >= 0.6 is 24.0 Å². The van der Waals surface area contributed by atoms with Crippen LogP contribution in [-0.4, -0.2) is 25.7 Å². The lowest BCUT2D eigenvalue weighted by atomic mass is 10.1. The maximum absolute atomic E-state index is 5.72. The van der Waals surface area contributed by atoms with Crippen molar-refractivity contribution in [1.29, 1.82) is 0 Å². The summed E-state index contributed by atoms with van der Waals surface area (Å²) in [4.78, 5) is 4.18. The average molecular weight is 377 g/mol. The van der Waals surface area contributed by atoms with Gasteiger partial charge in [-0.05, 0) is 37.5 Å². The van der Waals surface area contributed by atoms with E-state index in [2.05, 4.69) is 29.4 Å². The first-order valence-corrected chi connectivity index (χ1v) is 6.51. The van der Waals surface area contributed by atoms with Gasteiger partial charge in [-0.15, -0.1) is 24.0 Å². The molecule has 0 unspecified atom stereocenters. The molecule has 0 aliphatic carbocycles. The van der Waals surface area contributed by atoms with Gasteiger partial charge < -0.3 is 15.8 Å². The molecule has 1 aromatic carbocycles. The molecule has 3 N–H and O–H groups in total. The van der Waals surface area contributed by atoms with Gasteiger partial charge in [0.15, 0.2) is 5.96 Å². The highest BCUT2D eigenvalue weighted by molar-refractivity contribution is 14.0. The summed E-state index contributed by atoms with van der Waals surface area (Å²) in [5.74, 6) is 1.44. The number of guanidine groups is 1. The smallest absolute Gasteiger partial charge is 0.188 e. The van der Waals surface area contributed by atoms with Crippen LogP contribution in [0.25, 0.3) is 0 Å². The van der Waals surface area contributed by atoms with E-state index >= 15 is 0 Å². The molecule has 1 aromatic rings. The summed E-state index contributed by atoms with van der Waals surface area (Å²) >= 11 is 0. The lowest BCUT2D eigenvalue weighted by Gasteiger charge is -2.07. The number of halogens is 1. The highest BCUT2D eigenvalue weighted by Gasteiger charge is 1.97. The van der Waals surface area contributed by atoms with Crippen LogP contribution in [0.1, 0.15) is 25.8 Å². The third-order valence-corrected chi connectivity index (χ3v) is 2.43. The van der Waals surface area contributed by atoms with Crippen LogP contribution < -0.4 is 15.8 Å². The van der Waals surface area contributed by atoms with Crippen molar-refractivity contribution in [1.82, 2.24) is 5.32 Å². The predicted molar refractivity (Wildman–Crippen MR) is 91.5 cm³/mol. The zero-order chi connectivity index (χ0) is 13.2. The van der Waals surface area contributed by atoms with Crippen LogP contribution in [0.15, 0.2) is 29.3 Å². The van der Waals surface area contributed by atoms with E-state index in [1.54, 1.807) is 0 Å². The van der Waals surface area contributed by atoms with E-state index < -0.39 is 0 Å². The quantitative estimate of drug-likeness (QED) is 0.436. The Bertz CT molecular complexity index is 383. The van der Waals surface area contributed by atoms with E-state index in [0.29, 0.717) is 12.6 Å². The van der Waals surface area contributed by atoms with Crippen molar-refractivity contribution in [3.63, 3.8) is 0 Å². The van der Waals surface area contributed by atoms with Crippen LogP contribution in [0.4, 0.5) is 0 Å². The molecule has 0 saturated carbocycles. The van der Waals surface area contributed by atoms with Crippen molar-refractivity contribution in [3.05, 3.63) is 29.8 Å². The second-order valence-electron chi connectivity index (χ2n) is 4.02. The lowest BCUT2D eigenvalue weighted by Crippen LogP contribution is -2.33. The van der Waals surface area contributed by atoms with Gasteiger partial charge in [0.05, 0.1) is 6.61 Å². The largest absolute Gasteiger partial charge is 0.494 e. The minimum Gasteiger partial charge on any atom is -0.494 e. The molecule has 108 valence electrons. The van der Waals surface area contributed by atoms with Gasteiger partial charge in [-0.25, -0.2) is 0 Å². The topological polar surface area (TPSA) is 59.6 Å². The van der Waals surface area contributed by atoms with E-state index in [9.17, 15) is 0 Å². The number of nitrogens with two attached hydrogens (primary N) is 1. The Balaban J connectivity index is 0.00000324. The van der Waals surface area contributed by atoms with Crippen molar-refractivity contribution >= 4 is 29.9 Å². The van der Waals surface area contributed by atoms with Gasteiger partial charge in [0.25, 0.3) is 0 Å². The Morgan fingerprint density at radius 2 is 2.16 bits per heavy atom. The monoisotopic (exact) mass is 377 g/mol. The number of hydrogen-bond acceptors (Lipinski definition) is 2. The molecule has 0 amide bonds. The molecule has 19 heavy (non-hydrogen) atoms. The fourth-order valence-corrected chi connectivity index (χ4v) is 1.58. The lowest BCUT2D eigenvalue weighted by molar-refractivity contribution is 0.340. The Morgan fingerprint density at radius 1 is 1.37 bits per heavy atom. The third kappa shape index (κ3) is 7.92. The molecule has 0 radical (unpaired) electrons. The highest BCUT2D eigenvalue weighted by atomic mass is 127. The van der Waals surface area contributed by atoms with Crippen LogP contribution in [0.5, 0.6) is 5.75 Å². The zero-order valence-electron chi connectivity index (χ0n) is 11.7. The van der Waals surface area contributed by atoms with E-state index in [-0.39, 0.29) is 24.0 Å². The number of ether oxygens (including phenoxy) is 1. The first kappa shape index (κ1) is 18.0. The summed E-state index contributed by atoms with van der Waals surface area (Å²) in [6, 6.07) is 8.13. The van der Waals surface area contributed by atoms with Crippen molar-refractivity contribution in [2.45, 2.75) is 26.7 Å². The fraction of sp³-hybridized carbons (Fsp3) is 0.500. The van der Waals surface area contributed by atoms with Gasteiger partial charge in [-0.1, -0.05) is 19.1 Å².